The molecule has 2 fully saturated rings. The highest BCUT2D eigenvalue weighted by molar-refractivity contribution is 5.76. The molecular formula is C20H31N3O. The van der Waals surface area contributed by atoms with Gasteiger partial charge in [0, 0.05) is 31.6 Å². The van der Waals surface area contributed by atoms with Crippen LogP contribution in [-0.2, 0) is 4.79 Å². The third-order valence-corrected chi connectivity index (χ3v) is 5.67. The highest BCUT2D eigenvalue weighted by atomic mass is 16.1. The van der Waals surface area contributed by atoms with Crippen LogP contribution in [-0.4, -0.2) is 43.0 Å². The molecule has 2 saturated heterocycles. The SMILES string of the molecule is CC(c1ccccc1)N1CCC(NC(=O)CCC2CCNC2)CC1. The van der Waals surface area contributed by atoms with Crippen LogP contribution in [0.15, 0.2) is 30.3 Å². The normalized spacial score (nSPS) is 24.0. The number of carbonyl (C=O) groups excluding carboxylic acids is 1. The number of piperidine rings is 1. The highest BCUT2D eigenvalue weighted by Crippen LogP contribution is 2.24. The van der Waals surface area contributed by atoms with Crippen molar-refractivity contribution in [2.45, 2.75) is 51.1 Å². The molecule has 2 aliphatic rings. The first kappa shape index (κ1) is 17.4. The first-order chi connectivity index (χ1) is 11.7. The van der Waals surface area contributed by atoms with Crippen molar-refractivity contribution in [3.63, 3.8) is 0 Å². The average Bonchev–Trinajstić information content (AvgIpc) is 3.14. The molecule has 4 nitrogen and oxygen atoms in total. The number of carbonyl (C=O) groups is 1. The predicted octanol–water partition coefficient (Wildman–Crippen LogP) is 2.72. The molecule has 0 radical (unpaired) electrons. The third-order valence-electron chi connectivity index (χ3n) is 5.67. The van der Waals surface area contributed by atoms with Crippen molar-refractivity contribution in [3.05, 3.63) is 35.9 Å². The number of benzene rings is 1. The molecule has 2 unspecified atom stereocenters. The molecule has 2 N–H and O–H groups in total. The minimum absolute atomic E-state index is 0.247. The standard InChI is InChI=1S/C20H31N3O/c1-16(18-5-3-2-4-6-18)23-13-10-19(11-14-23)22-20(24)8-7-17-9-12-21-15-17/h2-6,16-17,19,21H,7-15H2,1H3,(H,22,24). The van der Waals surface area contributed by atoms with Crippen LogP contribution in [0.4, 0.5) is 0 Å². The topological polar surface area (TPSA) is 44.4 Å². The Morgan fingerprint density at radius 3 is 2.67 bits per heavy atom. The Bertz CT molecular complexity index is 505. The molecule has 0 bridgehead atoms. The van der Waals surface area contributed by atoms with E-state index in [4.69, 9.17) is 0 Å². The van der Waals surface area contributed by atoms with Crippen LogP contribution in [0.2, 0.25) is 0 Å². The Kier molecular flexibility index (Phi) is 6.27. The lowest BCUT2D eigenvalue weighted by Gasteiger charge is -2.36. The second-order valence-electron chi connectivity index (χ2n) is 7.36. The summed E-state index contributed by atoms with van der Waals surface area (Å²) in [5, 5.41) is 6.63. The molecular weight excluding hydrogens is 298 g/mol. The number of nitrogens with one attached hydrogen (secondary N) is 2. The zero-order valence-electron chi connectivity index (χ0n) is 14.8. The van der Waals surface area contributed by atoms with Crippen molar-refractivity contribution < 1.29 is 4.79 Å². The van der Waals surface area contributed by atoms with E-state index in [0.717, 1.165) is 45.4 Å². The van der Waals surface area contributed by atoms with Crippen LogP contribution in [0.25, 0.3) is 0 Å². The molecule has 2 heterocycles. The maximum absolute atomic E-state index is 12.2. The van der Waals surface area contributed by atoms with Gasteiger partial charge in [0.25, 0.3) is 0 Å². The summed E-state index contributed by atoms with van der Waals surface area (Å²) in [5.41, 5.74) is 1.38. The summed E-state index contributed by atoms with van der Waals surface area (Å²) in [5.74, 6) is 0.945. The van der Waals surface area contributed by atoms with Crippen molar-refractivity contribution >= 4 is 5.91 Å². The summed E-state index contributed by atoms with van der Waals surface area (Å²) in [6, 6.07) is 11.5. The first-order valence-electron chi connectivity index (χ1n) is 9.51. The molecule has 132 valence electrons. The van der Waals surface area contributed by atoms with Crippen LogP contribution in [0.3, 0.4) is 0 Å². The van der Waals surface area contributed by atoms with Gasteiger partial charge in [0.15, 0.2) is 0 Å². The largest absolute Gasteiger partial charge is 0.353 e. The van der Waals surface area contributed by atoms with E-state index in [9.17, 15) is 4.79 Å². The summed E-state index contributed by atoms with van der Waals surface area (Å²) in [4.78, 5) is 14.7. The summed E-state index contributed by atoms with van der Waals surface area (Å²) in [6.45, 7) is 6.61. The fraction of sp³-hybridized carbons (Fsp3) is 0.650. The number of hydrogen-bond donors (Lipinski definition) is 2. The van der Waals surface area contributed by atoms with Gasteiger partial charge in [-0.1, -0.05) is 30.3 Å². The van der Waals surface area contributed by atoms with Gasteiger partial charge in [0.05, 0.1) is 0 Å². The van der Waals surface area contributed by atoms with E-state index in [1.165, 1.54) is 12.0 Å². The zero-order valence-corrected chi connectivity index (χ0v) is 14.8. The van der Waals surface area contributed by atoms with Crippen molar-refractivity contribution in [2.24, 2.45) is 5.92 Å². The summed E-state index contributed by atoms with van der Waals surface area (Å²) >= 11 is 0. The molecule has 2 atom stereocenters. The Morgan fingerprint density at radius 2 is 2.00 bits per heavy atom. The van der Waals surface area contributed by atoms with Crippen LogP contribution >= 0.6 is 0 Å². The second-order valence-corrected chi connectivity index (χ2v) is 7.36. The highest BCUT2D eigenvalue weighted by Gasteiger charge is 2.24. The predicted molar refractivity (Wildman–Crippen MR) is 97.8 cm³/mol. The number of nitrogens with zero attached hydrogens (tertiary/aromatic N) is 1. The molecule has 2 aliphatic heterocycles. The minimum Gasteiger partial charge on any atom is -0.353 e. The van der Waals surface area contributed by atoms with Gasteiger partial charge in [0.1, 0.15) is 0 Å². The summed E-state index contributed by atoms with van der Waals surface area (Å²) in [7, 11) is 0. The quantitative estimate of drug-likeness (QED) is 0.843. The van der Waals surface area contributed by atoms with Crippen LogP contribution < -0.4 is 10.6 Å². The number of rotatable bonds is 6. The fourth-order valence-electron chi connectivity index (χ4n) is 3.97. The van der Waals surface area contributed by atoms with Crippen molar-refractivity contribution in [2.75, 3.05) is 26.2 Å². The lowest BCUT2D eigenvalue weighted by Crippen LogP contribution is -2.45. The van der Waals surface area contributed by atoms with Gasteiger partial charge in [-0.05, 0) is 57.2 Å². The fourth-order valence-corrected chi connectivity index (χ4v) is 3.97. The molecule has 0 aromatic heterocycles. The van der Waals surface area contributed by atoms with E-state index in [1.54, 1.807) is 0 Å². The lowest BCUT2D eigenvalue weighted by molar-refractivity contribution is -0.122. The molecule has 0 saturated carbocycles. The van der Waals surface area contributed by atoms with Crippen LogP contribution in [0.5, 0.6) is 0 Å². The molecule has 1 aromatic rings. The first-order valence-corrected chi connectivity index (χ1v) is 9.51. The molecule has 4 heteroatoms. The third kappa shape index (κ3) is 4.81. The van der Waals surface area contributed by atoms with Crippen molar-refractivity contribution in [1.29, 1.82) is 0 Å². The average molecular weight is 329 g/mol. The van der Waals surface area contributed by atoms with Gasteiger partial charge in [-0.3, -0.25) is 9.69 Å². The van der Waals surface area contributed by atoms with Crippen LogP contribution in [0, 0.1) is 5.92 Å². The second kappa shape index (κ2) is 8.63. The van der Waals surface area contributed by atoms with E-state index in [2.05, 4.69) is 52.8 Å². The van der Waals surface area contributed by atoms with Gasteiger partial charge >= 0.3 is 0 Å². The van der Waals surface area contributed by atoms with Crippen molar-refractivity contribution in [1.82, 2.24) is 15.5 Å². The number of hydrogen-bond acceptors (Lipinski definition) is 3. The summed E-state index contributed by atoms with van der Waals surface area (Å²) < 4.78 is 0. The molecule has 24 heavy (non-hydrogen) atoms. The van der Waals surface area contributed by atoms with Crippen molar-refractivity contribution in [3.8, 4) is 0 Å². The maximum Gasteiger partial charge on any atom is 0.220 e. The molecule has 1 amide bonds. The molecule has 3 rings (SSSR count). The Labute approximate surface area is 146 Å². The van der Waals surface area contributed by atoms with E-state index in [1.807, 2.05) is 0 Å². The van der Waals surface area contributed by atoms with Crippen LogP contribution in [0.1, 0.15) is 50.6 Å². The Balaban J connectivity index is 1.37. The smallest absolute Gasteiger partial charge is 0.220 e. The zero-order chi connectivity index (χ0) is 16.8. The van der Waals surface area contributed by atoms with Gasteiger partial charge < -0.3 is 10.6 Å². The van der Waals surface area contributed by atoms with E-state index >= 15 is 0 Å². The van der Waals surface area contributed by atoms with Gasteiger partial charge in [-0.25, -0.2) is 0 Å². The van der Waals surface area contributed by atoms with Gasteiger partial charge in [0.2, 0.25) is 5.91 Å². The Hall–Kier alpha value is -1.39. The maximum atomic E-state index is 12.2. The molecule has 0 aliphatic carbocycles. The van der Waals surface area contributed by atoms with Gasteiger partial charge in [-0.2, -0.15) is 0 Å². The summed E-state index contributed by atoms with van der Waals surface area (Å²) in [6.07, 6.45) is 5.07. The molecule has 0 spiro atoms. The van der Waals surface area contributed by atoms with E-state index in [0.29, 0.717) is 24.4 Å². The lowest BCUT2D eigenvalue weighted by atomic mass is 9.99. The van der Waals surface area contributed by atoms with E-state index in [-0.39, 0.29) is 5.91 Å². The monoisotopic (exact) mass is 329 g/mol. The Morgan fingerprint density at radius 1 is 1.25 bits per heavy atom. The van der Waals surface area contributed by atoms with Gasteiger partial charge in [-0.15, -0.1) is 0 Å². The minimum atomic E-state index is 0.247. The molecule has 1 aromatic carbocycles. The number of amides is 1. The van der Waals surface area contributed by atoms with E-state index < -0.39 is 0 Å². The number of likely N-dealkylation sites (tertiary alicyclic amines) is 1.